The van der Waals surface area contributed by atoms with Crippen LogP contribution in [0.25, 0.3) is 11.0 Å². The van der Waals surface area contributed by atoms with Crippen LogP contribution in [0, 0.1) is 24.6 Å². The van der Waals surface area contributed by atoms with Crippen LogP contribution in [0.5, 0.6) is 11.5 Å². The third-order valence-corrected chi connectivity index (χ3v) is 7.32. The number of ether oxygens (including phenoxy) is 2. The van der Waals surface area contributed by atoms with E-state index < -0.39 is 11.6 Å². The Hall–Kier alpha value is -4.60. The number of carbonyl (C=O) groups excluding carboxylic acids is 1. The van der Waals surface area contributed by atoms with Crippen LogP contribution in [0.3, 0.4) is 0 Å². The van der Waals surface area contributed by atoms with Crippen LogP contribution >= 0.6 is 0 Å². The number of hydrogen-bond acceptors (Lipinski definition) is 8. The van der Waals surface area contributed by atoms with Crippen molar-refractivity contribution in [1.29, 1.82) is 0 Å². The van der Waals surface area contributed by atoms with Crippen molar-refractivity contribution in [3.8, 4) is 11.5 Å². The number of rotatable bonds is 13. The average molecular weight is 750 g/mol. The highest BCUT2D eigenvalue weighted by Crippen LogP contribution is 2.36. The minimum atomic E-state index is -0.545. The highest BCUT2D eigenvalue weighted by Gasteiger charge is 2.24. The van der Waals surface area contributed by atoms with Crippen molar-refractivity contribution in [2.45, 2.75) is 115 Å². The number of unbranched alkanes of at least 4 members (excludes halogenated alkanes) is 2. The van der Waals surface area contributed by atoms with Gasteiger partial charge in [0.2, 0.25) is 0 Å². The summed E-state index contributed by atoms with van der Waals surface area (Å²) in [6.07, 6.45) is 15.7. The number of fused-ring (bicyclic) bond motifs is 2. The highest BCUT2D eigenvalue weighted by atomic mass is 19.1. The van der Waals surface area contributed by atoms with Gasteiger partial charge in [0.05, 0.1) is 17.8 Å². The molecular formula is C44H65F2N5O3. The average Bonchev–Trinajstić information content (AvgIpc) is 3.29. The lowest BCUT2D eigenvalue weighted by molar-refractivity contribution is -0.112. The van der Waals surface area contributed by atoms with Gasteiger partial charge in [-0.2, -0.15) is 0 Å². The van der Waals surface area contributed by atoms with Crippen LogP contribution < -0.4 is 19.7 Å². The predicted molar refractivity (Wildman–Crippen MR) is 223 cm³/mol. The molecule has 0 saturated carbocycles. The summed E-state index contributed by atoms with van der Waals surface area (Å²) in [5, 5.41) is 3.10. The maximum Gasteiger partial charge on any atom is 0.172 e. The Kier molecular flexibility index (Phi) is 23.0. The Balaban J connectivity index is 0.000000970. The minimum absolute atomic E-state index is 0.127. The van der Waals surface area contributed by atoms with Crippen molar-refractivity contribution >= 4 is 34.1 Å². The largest absolute Gasteiger partial charge is 0.489 e. The maximum atomic E-state index is 15.4. The molecule has 2 aromatic heterocycles. The van der Waals surface area contributed by atoms with Crippen molar-refractivity contribution in [2.75, 3.05) is 29.9 Å². The van der Waals surface area contributed by atoms with Crippen LogP contribution in [0.2, 0.25) is 0 Å². The summed E-state index contributed by atoms with van der Waals surface area (Å²) in [6, 6.07) is 4.79. The van der Waals surface area contributed by atoms with Crippen molar-refractivity contribution in [2.24, 2.45) is 11.8 Å². The molecule has 0 amide bonds. The van der Waals surface area contributed by atoms with Gasteiger partial charge in [0, 0.05) is 37.2 Å². The van der Waals surface area contributed by atoms with Crippen LogP contribution in [0.15, 0.2) is 72.6 Å². The number of benzene rings is 1. The summed E-state index contributed by atoms with van der Waals surface area (Å²) in [5.41, 5.74) is 2.00. The lowest BCUT2D eigenvalue weighted by atomic mass is 10.1. The number of allylic oxidation sites excluding steroid dienone is 7. The first-order valence-corrected chi connectivity index (χ1v) is 19.5. The molecule has 0 bridgehead atoms. The number of halogens is 2. The van der Waals surface area contributed by atoms with Gasteiger partial charge in [0.1, 0.15) is 35.0 Å². The maximum absolute atomic E-state index is 15.4. The first-order valence-electron chi connectivity index (χ1n) is 19.5. The summed E-state index contributed by atoms with van der Waals surface area (Å²) >= 11 is 0. The summed E-state index contributed by atoms with van der Waals surface area (Å²) < 4.78 is 41.5. The van der Waals surface area contributed by atoms with Gasteiger partial charge in [-0.1, -0.05) is 87.3 Å². The SMILES string of the molecule is CC.CC(C)C.CC/C=C/C(C)=O.C\C=C(/C=C(F)\C=C\CCC)Oc1cc(F)c(Nc2ncnc3cc4c(nc23)N(CCCC)CC(C)CO4)cc1C. The van der Waals surface area contributed by atoms with E-state index in [4.69, 9.17) is 14.5 Å². The molecule has 298 valence electrons. The summed E-state index contributed by atoms with van der Waals surface area (Å²) in [7, 11) is 0. The summed E-state index contributed by atoms with van der Waals surface area (Å²) in [4.78, 5) is 26.1. The molecule has 1 aromatic carbocycles. The van der Waals surface area contributed by atoms with Gasteiger partial charge in [0.25, 0.3) is 0 Å². The Morgan fingerprint density at radius 2 is 1.80 bits per heavy atom. The van der Waals surface area contributed by atoms with Gasteiger partial charge in [0.15, 0.2) is 23.2 Å². The number of aromatic nitrogens is 3. The Bertz CT molecular complexity index is 1700. The van der Waals surface area contributed by atoms with Gasteiger partial charge >= 0.3 is 0 Å². The van der Waals surface area contributed by atoms with Crippen molar-refractivity contribution in [1.82, 2.24) is 15.0 Å². The Labute approximate surface area is 323 Å². The fourth-order valence-corrected chi connectivity index (χ4v) is 4.80. The molecule has 0 radical (unpaired) electrons. The van der Waals surface area contributed by atoms with E-state index >= 15 is 4.39 Å². The second-order valence-electron chi connectivity index (χ2n) is 13.5. The number of aryl methyl sites for hydroxylation is 1. The molecule has 1 N–H and O–H groups in total. The second-order valence-corrected chi connectivity index (χ2v) is 13.5. The topological polar surface area (TPSA) is 89.5 Å². The molecule has 1 unspecified atom stereocenters. The molecule has 1 atom stereocenters. The molecule has 1 aliphatic rings. The molecule has 3 heterocycles. The number of hydrogen-bond donors (Lipinski definition) is 1. The fraction of sp³-hybridized carbons (Fsp3) is 0.500. The zero-order valence-electron chi connectivity index (χ0n) is 34.9. The molecule has 3 aromatic rings. The van der Waals surface area contributed by atoms with Crippen molar-refractivity contribution in [3.63, 3.8) is 0 Å². The minimum Gasteiger partial charge on any atom is -0.489 e. The van der Waals surface area contributed by atoms with Gasteiger partial charge in [-0.3, -0.25) is 4.79 Å². The van der Waals surface area contributed by atoms with E-state index in [-0.39, 0.29) is 23.0 Å². The van der Waals surface area contributed by atoms with E-state index in [0.717, 1.165) is 56.9 Å². The molecule has 1 aliphatic heterocycles. The number of nitrogens with zero attached hydrogens (tertiary/aromatic N) is 4. The Morgan fingerprint density at radius 3 is 2.39 bits per heavy atom. The van der Waals surface area contributed by atoms with Crippen molar-refractivity contribution in [3.05, 3.63) is 83.9 Å². The first kappa shape index (κ1) is 47.4. The Morgan fingerprint density at radius 1 is 1.09 bits per heavy atom. The predicted octanol–water partition coefficient (Wildman–Crippen LogP) is 12.6. The number of anilines is 3. The van der Waals surface area contributed by atoms with Crippen LogP contribution in [-0.4, -0.2) is 40.4 Å². The van der Waals surface area contributed by atoms with E-state index in [1.54, 1.807) is 45.1 Å². The third-order valence-electron chi connectivity index (χ3n) is 7.32. The zero-order chi connectivity index (χ0) is 40.6. The van der Waals surface area contributed by atoms with E-state index in [1.165, 1.54) is 24.5 Å². The number of carbonyl (C=O) groups is 1. The van der Waals surface area contributed by atoms with Gasteiger partial charge in [-0.05, 0) is 75.8 Å². The highest BCUT2D eigenvalue weighted by molar-refractivity contribution is 5.90. The van der Waals surface area contributed by atoms with Gasteiger partial charge in [-0.25, -0.2) is 23.7 Å². The van der Waals surface area contributed by atoms with Crippen LogP contribution in [-0.2, 0) is 4.79 Å². The number of nitrogens with one attached hydrogen (secondary N) is 1. The summed E-state index contributed by atoms with van der Waals surface area (Å²) in [6.45, 7) is 26.2. The molecule has 4 rings (SSSR count). The standard InChI is InChI=1S/C32H39F2N5O2.C6H10O.C4H10.C2H6/c1-6-9-11-12-23(33)15-24(8-3)41-28-16-25(34)26(14-22(28)5)37-31-30-27(35-20-36-31)17-29-32(38-30)39(13-10-7-2)18-21(4)19-40-29;1-3-4-5-6(2)7;1-4(2)3;1-2/h8,11-12,14-17,20-21H,6-7,9-10,13,18-19H2,1-5H3,(H,35,36,37);4-5H,3H2,1-2H3;4H,1-3H3;1-2H3/b12-11+,23-15+,24-8+;5-4+;;. The van der Waals surface area contributed by atoms with Crippen LogP contribution in [0.1, 0.15) is 114 Å². The van der Waals surface area contributed by atoms with Crippen LogP contribution in [0.4, 0.5) is 26.1 Å². The molecule has 8 nitrogen and oxygen atoms in total. The molecule has 10 heteroatoms. The monoisotopic (exact) mass is 750 g/mol. The number of pyridine rings is 1. The third kappa shape index (κ3) is 17.0. The molecule has 0 aliphatic carbocycles. The normalized spacial score (nSPS) is 14.3. The quantitative estimate of drug-likeness (QED) is 0.105. The van der Waals surface area contributed by atoms with E-state index in [2.05, 4.69) is 54.8 Å². The van der Waals surface area contributed by atoms with Crippen molar-refractivity contribution < 1.29 is 23.0 Å². The lowest BCUT2D eigenvalue weighted by Crippen LogP contribution is -2.30. The van der Waals surface area contributed by atoms with Gasteiger partial charge in [-0.15, -0.1) is 0 Å². The van der Waals surface area contributed by atoms with E-state index in [9.17, 15) is 9.18 Å². The molecule has 54 heavy (non-hydrogen) atoms. The first-order chi connectivity index (χ1) is 25.8. The van der Waals surface area contributed by atoms with E-state index in [0.29, 0.717) is 40.7 Å². The molecule has 0 saturated heterocycles. The van der Waals surface area contributed by atoms with E-state index in [1.807, 2.05) is 39.8 Å². The molecule has 0 spiro atoms. The second kappa shape index (κ2) is 26.2. The zero-order valence-corrected chi connectivity index (χ0v) is 34.9. The fourth-order valence-electron chi connectivity index (χ4n) is 4.80. The molecular weight excluding hydrogens is 685 g/mol. The number of ketones is 1. The molecule has 0 fully saturated rings. The lowest BCUT2D eigenvalue weighted by Gasteiger charge is -2.24. The smallest absolute Gasteiger partial charge is 0.172 e. The summed E-state index contributed by atoms with van der Waals surface area (Å²) in [5.74, 6) is 2.72. The van der Waals surface area contributed by atoms with Gasteiger partial charge < -0.3 is 19.7 Å².